The first-order valence-electron chi connectivity index (χ1n) is 27.4. The zero-order chi connectivity index (χ0) is 57.6. The number of aromatic nitrogens is 14. The molecule has 9 rings (SSSR count). The van der Waals surface area contributed by atoms with Crippen molar-refractivity contribution in [2.24, 2.45) is 0 Å². The fourth-order valence-corrected chi connectivity index (χ4v) is 7.94. The second kappa shape index (κ2) is 33.8. The van der Waals surface area contributed by atoms with Crippen molar-refractivity contribution >= 4 is 34.2 Å². The number of benzene rings is 3. The van der Waals surface area contributed by atoms with Gasteiger partial charge >= 0.3 is 0 Å². The first-order valence-corrected chi connectivity index (χ1v) is 27.4. The van der Waals surface area contributed by atoms with E-state index in [1.54, 1.807) is 9.36 Å². The molecule has 0 atom stereocenters. The topological polar surface area (TPSA) is 333 Å². The minimum Gasteiger partial charge on any atom is -0.471 e. The van der Waals surface area contributed by atoms with Gasteiger partial charge in [-0.2, -0.15) is 19.9 Å². The van der Waals surface area contributed by atoms with Crippen molar-refractivity contribution in [2.75, 3.05) is 104 Å². The van der Waals surface area contributed by atoms with Gasteiger partial charge in [0.1, 0.15) is 35.6 Å². The third-order valence-electron chi connectivity index (χ3n) is 12.3. The van der Waals surface area contributed by atoms with Crippen LogP contribution in [0.5, 0.6) is 11.8 Å². The molecule has 6 aromatic heterocycles. The molecule has 3 aromatic carbocycles. The molecule has 0 spiro atoms. The number of H-pyrrole nitrogens is 2. The van der Waals surface area contributed by atoms with Crippen LogP contribution in [-0.4, -0.2) is 162 Å². The minimum atomic E-state index is 0.108. The summed E-state index contributed by atoms with van der Waals surface area (Å²) in [5.74, 6) is 0.938. The van der Waals surface area contributed by atoms with Crippen LogP contribution in [0.2, 0.25) is 0 Å². The molecule has 0 fully saturated rings. The van der Waals surface area contributed by atoms with E-state index >= 15 is 0 Å². The lowest BCUT2D eigenvalue weighted by atomic mass is 10.1. The molecule has 6 N–H and O–H groups in total. The number of fused-ring (bicyclic) bond motifs is 2. The normalized spacial score (nSPS) is 11.6. The van der Waals surface area contributed by atoms with Crippen molar-refractivity contribution < 1.29 is 56.8 Å². The van der Waals surface area contributed by atoms with Crippen LogP contribution in [0, 0.1) is 0 Å². The summed E-state index contributed by atoms with van der Waals surface area (Å²) in [7, 11) is 0. The molecule has 0 bridgehead atoms. The highest BCUT2D eigenvalue weighted by Gasteiger charge is 2.13. The van der Waals surface area contributed by atoms with E-state index in [2.05, 4.69) is 60.5 Å². The number of ether oxygens (including phenoxy) is 12. The van der Waals surface area contributed by atoms with E-state index in [9.17, 15) is 0 Å². The number of nitrogens with zero attached hydrogens (tertiary/aromatic N) is 12. The summed E-state index contributed by atoms with van der Waals surface area (Å²) in [6, 6.07) is 24.0. The number of nitrogen functional groups attached to an aromatic ring is 2. The maximum Gasteiger partial charge on any atom is 0.245 e. The third-order valence-corrected chi connectivity index (χ3v) is 12.3. The van der Waals surface area contributed by atoms with Crippen molar-refractivity contribution in [1.29, 1.82) is 0 Å². The SMILES string of the molecule is Nc1nc(OCc2ccc(COCCOCCOCCOCCn3cc(COCc4ccc(COCc5cn(CCOCCOCCOCCOCc6ccc(COc7nc(N)nc8nc[nH]c78)cc6)nn5)cc4)nn3)cc2)c2[nH]cnc2n1. The van der Waals surface area contributed by atoms with Crippen LogP contribution in [-0.2, 0) is 113 Å². The number of imidazole rings is 2. The monoisotopic (exact) mass is 1160 g/mol. The average molecular weight is 1160 g/mol. The zero-order valence-corrected chi connectivity index (χ0v) is 46.6. The van der Waals surface area contributed by atoms with Gasteiger partial charge in [-0.3, -0.25) is 0 Å². The maximum atomic E-state index is 5.90. The van der Waals surface area contributed by atoms with Crippen molar-refractivity contribution in [3.05, 3.63) is 143 Å². The summed E-state index contributed by atoms with van der Waals surface area (Å²) < 4.78 is 72.4. The quantitative estimate of drug-likeness (QED) is 0.0383. The molecule has 0 unspecified atom stereocenters. The van der Waals surface area contributed by atoms with Gasteiger partial charge < -0.3 is 78.3 Å². The van der Waals surface area contributed by atoms with E-state index in [-0.39, 0.29) is 11.9 Å². The maximum absolute atomic E-state index is 5.90. The fraction of sp³-hybridized carbons (Fsp3) is 0.429. The molecule has 84 heavy (non-hydrogen) atoms. The number of rotatable bonds is 42. The molecular formula is C56H70N16O12. The Morgan fingerprint density at radius 1 is 0.345 bits per heavy atom. The highest BCUT2D eigenvalue weighted by Crippen LogP contribution is 2.23. The Balaban J connectivity index is 0.503. The van der Waals surface area contributed by atoms with Gasteiger partial charge in [0.2, 0.25) is 23.7 Å². The second-order valence-electron chi connectivity index (χ2n) is 18.7. The van der Waals surface area contributed by atoms with E-state index in [0.29, 0.717) is 193 Å². The summed E-state index contributed by atoms with van der Waals surface area (Å²) in [6.45, 7) is 10.8. The van der Waals surface area contributed by atoms with Gasteiger partial charge in [0.15, 0.2) is 11.3 Å². The molecule has 28 heteroatoms. The molecular weight excluding hydrogens is 1090 g/mol. The predicted octanol–water partition coefficient (Wildman–Crippen LogP) is 4.49. The summed E-state index contributed by atoms with van der Waals surface area (Å²) in [6.07, 6.45) is 6.77. The Bertz CT molecular complexity index is 3070. The molecule has 6 heterocycles. The molecule has 0 aliphatic rings. The van der Waals surface area contributed by atoms with Crippen LogP contribution < -0.4 is 20.9 Å². The Kier molecular flexibility index (Phi) is 24.3. The van der Waals surface area contributed by atoms with E-state index in [0.717, 1.165) is 44.8 Å². The van der Waals surface area contributed by atoms with Crippen LogP contribution in [0.4, 0.5) is 11.9 Å². The number of nitrogens with two attached hydrogens (primary N) is 2. The van der Waals surface area contributed by atoms with Crippen LogP contribution >= 0.6 is 0 Å². The molecule has 0 aliphatic heterocycles. The molecule has 9 aromatic rings. The van der Waals surface area contributed by atoms with Gasteiger partial charge in [-0.05, 0) is 33.4 Å². The number of anilines is 2. The summed E-state index contributed by atoms with van der Waals surface area (Å²) in [5.41, 5.74) is 21.3. The third kappa shape index (κ3) is 20.6. The lowest BCUT2D eigenvalue weighted by Gasteiger charge is -2.09. The number of nitrogens with one attached hydrogen (secondary N) is 2. The second-order valence-corrected chi connectivity index (χ2v) is 18.7. The molecule has 446 valence electrons. The van der Waals surface area contributed by atoms with Gasteiger partial charge in [0.25, 0.3) is 0 Å². The van der Waals surface area contributed by atoms with E-state index in [1.165, 1.54) is 12.7 Å². The van der Waals surface area contributed by atoms with E-state index in [4.69, 9.17) is 68.3 Å². The molecule has 0 aliphatic carbocycles. The van der Waals surface area contributed by atoms with E-state index < -0.39 is 0 Å². The predicted molar refractivity (Wildman–Crippen MR) is 301 cm³/mol. The highest BCUT2D eigenvalue weighted by atomic mass is 16.6. The zero-order valence-electron chi connectivity index (χ0n) is 46.6. The Hall–Kier alpha value is -8.16. The number of hydrogen-bond acceptors (Lipinski definition) is 24. The van der Waals surface area contributed by atoms with Crippen LogP contribution in [0.3, 0.4) is 0 Å². The molecule has 0 saturated heterocycles. The van der Waals surface area contributed by atoms with Crippen molar-refractivity contribution in [3.8, 4) is 11.8 Å². The van der Waals surface area contributed by atoms with Gasteiger partial charge in [-0.1, -0.05) is 83.2 Å². The first-order chi connectivity index (χ1) is 41.5. The molecule has 0 radical (unpaired) electrons. The van der Waals surface area contributed by atoms with Gasteiger partial charge in [0, 0.05) is 0 Å². The Labute approximate surface area is 483 Å². The smallest absolute Gasteiger partial charge is 0.245 e. The molecule has 0 amide bonds. The summed E-state index contributed by atoms with van der Waals surface area (Å²) in [4.78, 5) is 30.6. The highest BCUT2D eigenvalue weighted by molar-refractivity contribution is 5.77. The average Bonchev–Trinajstić information content (AvgIpc) is 4.46. The summed E-state index contributed by atoms with van der Waals surface area (Å²) >= 11 is 0. The number of hydrogen-bond donors (Lipinski definition) is 4. The first kappa shape index (κ1) is 60.4. The van der Waals surface area contributed by atoms with E-state index in [1.807, 2.05) is 85.2 Å². The van der Waals surface area contributed by atoms with Crippen LogP contribution in [0.25, 0.3) is 22.3 Å². The Morgan fingerprint density at radius 2 is 0.655 bits per heavy atom. The minimum absolute atomic E-state index is 0.108. The van der Waals surface area contributed by atoms with Crippen LogP contribution in [0.1, 0.15) is 44.8 Å². The van der Waals surface area contributed by atoms with Gasteiger partial charge in [-0.25, -0.2) is 19.3 Å². The number of aromatic amines is 2. The lowest BCUT2D eigenvalue weighted by molar-refractivity contribution is -0.00497. The fourth-order valence-electron chi connectivity index (χ4n) is 7.94. The molecule has 0 saturated carbocycles. The standard InChI is InChI=1S/C56H70N16O12/c57-55-63-51-49(59-39-61-51)53(65-55)83-35-45-9-5-41(6-10-45)31-79-27-25-77-23-21-75-19-17-73-15-13-71-29-47(67-69-71)37-81-33-43-1-2-44(4-3-43)34-82-38-48-30-72(70-68-48)14-16-74-18-20-76-22-24-78-26-28-80-32-42-7-11-46(12-8-42)36-84-54-50-52(62-40-60-50)64-56(58)66-54/h1-12,29-30,39-40H,13-28,31-38H2,(H3,57,59,61,63,65)(H3,58,60,62,64,66). The van der Waals surface area contributed by atoms with Crippen molar-refractivity contribution in [3.63, 3.8) is 0 Å². The van der Waals surface area contributed by atoms with Crippen molar-refractivity contribution in [1.82, 2.24) is 69.9 Å². The molecule has 28 nitrogen and oxygen atoms in total. The van der Waals surface area contributed by atoms with Gasteiger partial charge in [0.05, 0.1) is 170 Å². The Morgan fingerprint density at radius 3 is 1.01 bits per heavy atom. The van der Waals surface area contributed by atoms with Crippen LogP contribution in [0.15, 0.2) is 97.8 Å². The largest absolute Gasteiger partial charge is 0.471 e. The van der Waals surface area contributed by atoms with Gasteiger partial charge in [-0.15, -0.1) is 10.2 Å². The van der Waals surface area contributed by atoms with Crippen molar-refractivity contribution in [2.45, 2.75) is 65.9 Å². The lowest BCUT2D eigenvalue weighted by Crippen LogP contribution is -2.13. The summed E-state index contributed by atoms with van der Waals surface area (Å²) in [5, 5.41) is 16.8.